The number of nitrogens with one attached hydrogen (secondary N) is 1. The number of nitriles is 1. The number of carbonyl (C=O) groups excluding carboxylic acids is 2. The van der Waals surface area contributed by atoms with Gasteiger partial charge < -0.3 is 14.8 Å². The van der Waals surface area contributed by atoms with Crippen LogP contribution in [0.15, 0.2) is 84.9 Å². The van der Waals surface area contributed by atoms with Crippen molar-refractivity contribution >= 4 is 17.5 Å². The second kappa shape index (κ2) is 11.4. The molecule has 7 heteroatoms. The second-order valence-corrected chi connectivity index (χ2v) is 10.3. The molecule has 1 fully saturated rings. The standard InChI is InChI=1S/C34H29N3O4/c1-22-28(24-8-3-2-4-9-24)11-6-12-31(22)37-33(38)29-18-25(21-36-26-13-15-40-16-14-26)32(19-30(29)34(37)39)41-27-10-5-7-23(17-27)20-35/h2-12,17-19,26,36H,13-16,21H2,1H3. The van der Waals surface area contributed by atoms with Gasteiger partial charge in [-0.25, -0.2) is 4.90 Å². The summed E-state index contributed by atoms with van der Waals surface area (Å²) in [5.74, 6) is 0.203. The van der Waals surface area contributed by atoms with E-state index in [-0.39, 0.29) is 11.9 Å². The molecule has 0 bridgehead atoms. The molecule has 2 heterocycles. The summed E-state index contributed by atoms with van der Waals surface area (Å²) in [4.78, 5) is 28.9. The largest absolute Gasteiger partial charge is 0.457 e. The normalized spacial score (nSPS) is 15.1. The second-order valence-electron chi connectivity index (χ2n) is 10.3. The maximum atomic E-state index is 13.8. The van der Waals surface area contributed by atoms with Gasteiger partial charge in [0.1, 0.15) is 11.5 Å². The minimum atomic E-state index is -0.391. The molecule has 7 nitrogen and oxygen atoms in total. The zero-order valence-corrected chi connectivity index (χ0v) is 22.7. The van der Waals surface area contributed by atoms with Crippen molar-refractivity contribution in [2.75, 3.05) is 18.1 Å². The van der Waals surface area contributed by atoms with Crippen LogP contribution in [-0.4, -0.2) is 31.1 Å². The number of imide groups is 1. The minimum Gasteiger partial charge on any atom is -0.457 e. The lowest BCUT2D eigenvalue weighted by atomic mass is 9.99. The Kier molecular flexibility index (Phi) is 7.34. The van der Waals surface area contributed by atoms with Crippen LogP contribution in [-0.2, 0) is 11.3 Å². The van der Waals surface area contributed by atoms with Crippen molar-refractivity contribution in [1.82, 2.24) is 5.32 Å². The molecule has 2 aliphatic rings. The van der Waals surface area contributed by atoms with Gasteiger partial charge in [0.25, 0.3) is 11.8 Å². The Morgan fingerprint density at radius 1 is 0.902 bits per heavy atom. The van der Waals surface area contributed by atoms with E-state index in [0.29, 0.717) is 53.6 Å². The average Bonchev–Trinajstić information content (AvgIpc) is 3.25. The number of rotatable bonds is 7. The van der Waals surface area contributed by atoms with Gasteiger partial charge in [0.2, 0.25) is 0 Å². The Bertz CT molecular complexity index is 1670. The predicted octanol–water partition coefficient (Wildman–Crippen LogP) is 6.40. The molecular weight excluding hydrogens is 514 g/mol. The highest BCUT2D eigenvalue weighted by Gasteiger charge is 2.39. The Hall–Kier alpha value is -4.77. The van der Waals surface area contributed by atoms with Crippen LogP contribution < -0.4 is 15.0 Å². The van der Waals surface area contributed by atoms with Gasteiger partial charge in [-0.05, 0) is 72.9 Å². The molecule has 0 aromatic heterocycles. The fraction of sp³-hybridized carbons (Fsp3) is 0.206. The summed E-state index contributed by atoms with van der Waals surface area (Å²) in [6.07, 6.45) is 1.79. The third-order valence-corrected chi connectivity index (χ3v) is 7.69. The molecule has 6 rings (SSSR count). The quantitative estimate of drug-likeness (QED) is 0.272. The number of anilines is 1. The molecule has 2 amide bonds. The van der Waals surface area contributed by atoms with E-state index in [1.807, 2.05) is 55.5 Å². The minimum absolute atomic E-state index is 0.281. The number of hydrogen-bond donors (Lipinski definition) is 1. The monoisotopic (exact) mass is 543 g/mol. The predicted molar refractivity (Wildman–Crippen MR) is 156 cm³/mol. The van der Waals surface area contributed by atoms with Crippen LogP contribution in [0.2, 0.25) is 0 Å². The molecule has 41 heavy (non-hydrogen) atoms. The number of nitrogens with zero attached hydrogens (tertiary/aromatic N) is 2. The van der Waals surface area contributed by atoms with E-state index in [1.165, 1.54) is 4.90 Å². The van der Waals surface area contributed by atoms with Crippen LogP contribution in [0, 0.1) is 18.3 Å². The van der Waals surface area contributed by atoms with Crippen molar-refractivity contribution < 1.29 is 19.1 Å². The first kappa shape index (κ1) is 26.5. The van der Waals surface area contributed by atoms with Crippen molar-refractivity contribution in [2.24, 2.45) is 0 Å². The fourth-order valence-corrected chi connectivity index (χ4v) is 5.47. The average molecular weight is 544 g/mol. The molecule has 1 N–H and O–H groups in total. The smallest absolute Gasteiger partial charge is 0.266 e. The van der Waals surface area contributed by atoms with Crippen LogP contribution >= 0.6 is 0 Å². The summed E-state index contributed by atoms with van der Waals surface area (Å²) in [5.41, 5.74) is 5.25. The zero-order valence-electron chi connectivity index (χ0n) is 22.7. The zero-order chi connectivity index (χ0) is 28.3. The summed E-state index contributed by atoms with van der Waals surface area (Å²) < 4.78 is 11.7. The van der Waals surface area contributed by atoms with Crippen LogP contribution in [0.5, 0.6) is 11.5 Å². The maximum absolute atomic E-state index is 13.8. The first-order chi connectivity index (χ1) is 20.0. The number of hydrogen-bond acceptors (Lipinski definition) is 6. The van der Waals surface area contributed by atoms with Gasteiger partial charge in [-0.3, -0.25) is 9.59 Å². The molecular formula is C34H29N3O4. The van der Waals surface area contributed by atoms with Gasteiger partial charge in [-0.2, -0.15) is 5.26 Å². The highest BCUT2D eigenvalue weighted by atomic mass is 16.5. The molecule has 2 aliphatic heterocycles. The van der Waals surface area contributed by atoms with E-state index in [9.17, 15) is 14.9 Å². The van der Waals surface area contributed by atoms with E-state index < -0.39 is 5.91 Å². The van der Waals surface area contributed by atoms with Gasteiger partial charge in [0.15, 0.2) is 0 Å². The summed E-state index contributed by atoms with van der Waals surface area (Å²) in [5, 5.41) is 12.9. The van der Waals surface area contributed by atoms with Gasteiger partial charge in [0, 0.05) is 31.4 Å². The molecule has 204 valence electrons. The molecule has 0 spiro atoms. The third kappa shape index (κ3) is 5.23. The van der Waals surface area contributed by atoms with Crippen molar-refractivity contribution in [3.63, 3.8) is 0 Å². The molecule has 0 aliphatic carbocycles. The third-order valence-electron chi connectivity index (χ3n) is 7.69. The summed E-state index contributed by atoms with van der Waals surface area (Å²) in [7, 11) is 0. The number of carbonyl (C=O) groups is 2. The van der Waals surface area contributed by atoms with Crippen LogP contribution in [0.1, 0.15) is 50.2 Å². The summed E-state index contributed by atoms with van der Waals surface area (Å²) in [6.45, 7) is 3.79. The lowest BCUT2D eigenvalue weighted by molar-refractivity contribution is 0.0775. The molecule has 4 aromatic rings. The Morgan fingerprint density at radius 3 is 2.39 bits per heavy atom. The van der Waals surface area contributed by atoms with Gasteiger partial charge >= 0.3 is 0 Å². The Balaban J connectivity index is 1.37. The van der Waals surface area contributed by atoms with Crippen LogP contribution in [0.25, 0.3) is 11.1 Å². The van der Waals surface area contributed by atoms with Gasteiger partial charge in [0.05, 0.1) is 28.4 Å². The molecule has 1 saturated heterocycles. The van der Waals surface area contributed by atoms with E-state index >= 15 is 0 Å². The van der Waals surface area contributed by atoms with Crippen molar-refractivity contribution in [3.05, 3.63) is 113 Å². The number of ether oxygens (including phenoxy) is 2. The van der Waals surface area contributed by atoms with Crippen molar-refractivity contribution in [3.8, 4) is 28.7 Å². The first-order valence-corrected chi connectivity index (χ1v) is 13.7. The summed E-state index contributed by atoms with van der Waals surface area (Å²) in [6, 6.07) is 28.3. The first-order valence-electron chi connectivity index (χ1n) is 13.7. The van der Waals surface area contributed by atoms with E-state index in [1.54, 1.807) is 36.4 Å². The van der Waals surface area contributed by atoms with Gasteiger partial charge in [-0.1, -0.05) is 48.5 Å². The van der Waals surface area contributed by atoms with E-state index in [0.717, 1.165) is 35.1 Å². The van der Waals surface area contributed by atoms with Crippen LogP contribution in [0.4, 0.5) is 5.69 Å². The topological polar surface area (TPSA) is 91.7 Å². The molecule has 4 aromatic carbocycles. The van der Waals surface area contributed by atoms with Gasteiger partial charge in [-0.15, -0.1) is 0 Å². The highest BCUT2D eigenvalue weighted by molar-refractivity contribution is 6.35. The lowest BCUT2D eigenvalue weighted by Gasteiger charge is -2.24. The number of benzene rings is 4. The highest BCUT2D eigenvalue weighted by Crippen LogP contribution is 2.38. The molecule has 0 atom stereocenters. The number of fused-ring (bicyclic) bond motifs is 1. The molecule has 0 radical (unpaired) electrons. The molecule has 0 saturated carbocycles. The fourth-order valence-electron chi connectivity index (χ4n) is 5.47. The van der Waals surface area contributed by atoms with Crippen molar-refractivity contribution in [1.29, 1.82) is 5.26 Å². The Morgan fingerprint density at radius 2 is 1.63 bits per heavy atom. The lowest BCUT2D eigenvalue weighted by Crippen LogP contribution is -2.34. The maximum Gasteiger partial charge on any atom is 0.266 e. The van der Waals surface area contributed by atoms with Crippen LogP contribution in [0.3, 0.4) is 0 Å². The summed E-state index contributed by atoms with van der Waals surface area (Å²) >= 11 is 0. The van der Waals surface area contributed by atoms with E-state index in [2.05, 4.69) is 11.4 Å². The SMILES string of the molecule is Cc1c(-c2ccccc2)cccc1N1C(=O)c2cc(CNC3CCOCC3)c(Oc3cccc(C#N)c3)cc2C1=O. The Labute approximate surface area is 238 Å². The number of amides is 2. The van der Waals surface area contributed by atoms with E-state index in [4.69, 9.17) is 9.47 Å². The van der Waals surface area contributed by atoms with Crippen molar-refractivity contribution in [2.45, 2.75) is 32.4 Å². The molecule has 0 unspecified atom stereocenters.